The van der Waals surface area contributed by atoms with Crippen molar-refractivity contribution in [1.29, 1.82) is 0 Å². The summed E-state index contributed by atoms with van der Waals surface area (Å²) in [6, 6.07) is 0. The van der Waals surface area contributed by atoms with Crippen LogP contribution in [0, 0.1) is 56.7 Å². The summed E-state index contributed by atoms with van der Waals surface area (Å²) in [6.45, 7) is 37.9. The summed E-state index contributed by atoms with van der Waals surface area (Å²) in [5.74, 6) is 2.89. The molecule has 0 aromatic rings. The summed E-state index contributed by atoms with van der Waals surface area (Å²) < 4.78 is 17.5. The van der Waals surface area contributed by atoms with E-state index in [0.717, 1.165) is 139 Å². The Morgan fingerprint density at radius 3 is 1.69 bits per heavy atom. The fourth-order valence-corrected chi connectivity index (χ4v) is 18.9. The van der Waals surface area contributed by atoms with Crippen LogP contribution < -0.4 is 0 Å². The summed E-state index contributed by atoms with van der Waals surface area (Å²) in [5.41, 5.74) is 2.00. The van der Waals surface area contributed by atoms with E-state index in [1.165, 1.54) is 66.2 Å². The van der Waals surface area contributed by atoms with Gasteiger partial charge in [-0.2, -0.15) is 0 Å². The van der Waals surface area contributed by atoms with Gasteiger partial charge in [0.1, 0.15) is 84.6 Å². The first-order valence-electron chi connectivity index (χ1n) is 27.0. The van der Waals surface area contributed by atoms with E-state index in [1.54, 1.807) is 0 Å². The molecule has 2 N–H and O–H groups in total. The summed E-state index contributed by atoms with van der Waals surface area (Å²) in [7, 11) is 0. The molecule has 11 fully saturated rings. The number of fused-ring (bicyclic) bond motifs is 13. The van der Waals surface area contributed by atoms with E-state index in [-0.39, 0.29) is 58.3 Å². The van der Waals surface area contributed by atoms with Gasteiger partial charge >= 0.3 is 11.9 Å². The number of allylic oxidation sites excluding steroid dienone is 1. The Balaban J connectivity index is 0.846. The molecule has 0 aromatic carbocycles. The molecule has 6 aliphatic heterocycles. The molecule has 4 unspecified atom stereocenters. The largest absolute Gasteiger partial charge is 0.461 e. The van der Waals surface area contributed by atoms with Gasteiger partial charge in [-0.15, -0.1) is 0 Å². The molecule has 0 aromatic heterocycles. The molecule has 11 aliphatic rings. The number of unbranched alkanes of at least 4 members (excludes halogenated alkanes) is 2. The molecule has 5 saturated carbocycles. The van der Waals surface area contributed by atoms with Crippen molar-refractivity contribution in [3.63, 3.8) is 0 Å². The van der Waals surface area contributed by atoms with Crippen LogP contribution in [0.15, 0.2) is 12.2 Å². The number of carbonyl (C=O) groups excluding carboxylic acids is 2. The molecule has 6 saturated heterocycles. The number of hydrogen-bond donors (Lipinski definition) is 2. The summed E-state index contributed by atoms with van der Waals surface area (Å²) in [5, 5.41) is 18.7. The number of aliphatic hydroxyl groups excluding tert-OH is 2. The number of aliphatic hydroxyl groups is 2. The maximum atomic E-state index is 14.0. The number of hydrogen-bond acceptors (Lipinski definition) is 6. The molecule has 64 heavy (non-hydrogen) atoms. The minimum Gasteiger partial charge on any atom is -0.461 e. The number of esters is 2. The Hall–Kier alpha value is -1.56. The van der Waals surface area contributed by atoms with E-state index in [4.69, 9.17) is 9.47 Å². The van der Waals surface area contributed by atoms with E-state index in [2.05, 4.69) is 48.1 Å². The molecular formula is C54H94N4O6+4. The number of rotatable bonds is 16. The molecule has 5 aliphatic carbocycles. The second-order valence-corrected chi connectivity index (χ2v) is 26.2. The van der Waals surface area contributed by atoms with Crippen LogP contribution in [0.5, 0.6) is 0 Å². The maximum Gasteiger partial charge on any atom is 0.362 e. The molecule has 10 heteroatoms. The Morgan fingerprint density at radius 1 is 0.594 bits per heavy atom. The van der Waals surface area contributed by atoms with Gasteiger partial charge in [0.05, 0.1) is 19.7 Å². The molecule has 0 amide bonds. The Kier molecular flexibility index (Phi) is 12.7. The molecule has 362 valence electrons. The quantitative estimate of drug-likeness (QED) is 0.0754. The van der Waals surface area contributed by atoms with Gasteiger partial charge in [0.15, 0.2) is 13.1 Å². The van der Waals surface area contributed by atoms with E-state index in [1.807, 2.05) is 0 Å². The zero-order valence-electron chi connectivity index (χ0n) is 41.8. The second kappa shape index (κ2) is 17.1. The molecule has 6 heterocycles. The predicted molar refractivity (Wildman–Crippen MR) is 251 cm³/mol. The van der Waals surface area contributed by atoms with Crippen LogP contribution >= 0.6 is 0 Å². The summed E-state index contributed by atoms with van der Waals surface area (Å²) in [4.78, 5) is 27.9. The SMILES string of the molecule is C=C(C)[C@@H]1CC[C@]2(COC(=O)C[N+]34CC[N+](CCCCO)(CC3)CC4)CC[C@]3(C)C(CCC4[C@@]5(C)CC[C@H](OC(=O)C[N+]67CC[N+](CCCCO)(CC6)CC7)C(C)(C)C5CC[C@]43C)C12. The highest BCUT2D eigenvalue weighted by Crippen LogP contribution is 2.77. The van der Waals surface area contributed by atoms with Crippen molar-refractivity contribution in [3.05, 3.63) is 12.2 Å². The van der Waals surface area contributed by atoms with E-state index in [9.17, 15) is 19.8 Å². The first kappa shape index (κ1) is 47.5. The van der Waals surface area contributed by atoms with Gasteiger partial charge in [0.2, 0.25) is 0 Å². The molecule has 11 rings (SSSR count). The van der Waals surface area contributed by atoms with Crippen molar-refractivity contribution < 1.29 is 47.2 Å². The van der Waals surface area contributed by atoms with Crippen molar-refractivity contribution in [2.45, 2.75) is 138 Å². The second-order valence-electron chi connectivity index (χ2n) is 26.2. The van der Waals surface area contributed by atoms with Gasteiger partial charge in [0, 0.05) is 24.0 Å². The average Bonchev–Trinajstić information content (AvgIpc) is 3.66. The van der Waals surface area contributed by atoms with Gasteiger partial charge in [-0.1, -0.05) is 46.8 Å². The standard InChI is InChI=1S/C54H94N4O6/c1-41(2)42-14-19-54(40-63-47(61)38-57-30-24-55(25-31-57,26-32-57)22-8-10-36-59)21-20-52(6)43(49(42)54)12-13-45-51(5)17-16-46(50(3,4)44(51)15-18-53(45,52)7)64-48(62)39-58-33-27-56(28-34-58,29-35-58)23-9-11-37-60/h42-46,49,59-60H,1,8-40H2,2-7H3/q+4/t42-,43?,44?,45?,46-,49?,51-,52+,53+,54+,55?,56?,57?,58?/m0/s1. The smallest absolute Gasteiger partial charge is 0.362 e. The molecular weight excluding hydrogens is 801 g/mol. The fraction of sp³-hybridized carbons (Fsp3) is 0.926. The lowest BCUT2D eigenvalue weighted by Crippen LogP contribution is -2.75. The first-order chi connectivity index (χ1) is 30.4. The van der Waals surface area contributed by atoms with Crippen LogP contribution in [-0.2, 0) is 19.1 Å². The van der Waals surface area contributed by atoms with Gasteiger partial charge in [-0.3, -0.25) is 0 Å². The third kappa shape index (κ3) is 7.80. The lowest BCUT2D eigenvalue weighted by molar-refractivity contribution is -1.08. The molecule has 0 radical (unpaired) electrons. The van der Waals surface area contributed by atoms with Gasteiger partial charge in [0.25, 0.3) is 0 Å². The Labute approximate surface area is 388 Å². The molecule has 4 bridgehead atoms. The zero-order valence-corrected chi connectivity index (χ0v) is 41.8. The van der Waals surface area contributed by atoms with Crippen molar-refractivity contribution >= 4 is 11.9 Å². The lowest BCUT2D eigenvalue weighted by Gasteiger charge is -2.73. The van der Waals surface area contributed by atoms with Crippen molar-refractivity contribution in [2.24, 2.45) is 56.7 Å². The third-order valence-corrected chi connectivity index (χ3v) is 23.3. The van der Waals surface area contributed by atoms with E-state index < -0.39 is 0 Å². The number of carbonyl (C=O) groups is 2. The summed E-state index contributed by atoms with van der Waals surface area (Å²) >= 11 is 0. The minimum absolute atomic E-state index is 0.0203. The summed E-state index contributed by atoms with van der Waals surface area (Å²) in [6.07, 6.45) is 15.8. The number of piperazine rings is 6. The highest BCUT2D eigenvalue weighted by molar-refractivity contribution is 5.71. The maximum absolute atomic E-state index is 14.0. The van der Waals surface area contributed by atoms with Gasteiger partial charge in [-0.05, 0) is 143 Å². The number of ether oxygens (including phenoxy) is 2. The van der Waals surface area contributed by atoms with Crippen molar-refractivity contribution in [2.75, 3.05) is 125 Å². The lowest BCUT2D eigenvalue weighted by atomic mass is 9.32. The van der Waals surface area contributed by atoms with Gasteiger partial charge in [-0.25, -0.2) is 9.59 Å². The molecule has 10 atom stereocenters. The minimum atomic E-state index is -0.0670. The topological polar surface area (TPSA) is 93.1 Å². The molecule has 10 nitrogen and oxygen atoms in total. The van der Waals surface area contributed by atoms with Crippen LogP contribution in [0.2, 0.25) is 0 Å². The zero-order chi connectivity index (χ0) is 45.4. The van der Waals surface area contributed by atoms with E-state index in [0.29, 0.717) is 49.3 Å². The van der Waals surface area contributed by atoms with Crippen LogP contribution in [-0.4, -0.2) is 171 Å². The highest BCUT2D eigenvalue weighted by Gasteiger charge is 2.71. The fourth-order valence-electron chi connectivity index (χ4n) is 18.9. The van der Waals surface area contributed by atoms with Crippen LogP contribution in [0.3, 0.4) is 0 Å². The van der Waals surface area contributed by atoms with Crippen LogP contribution in [0.4, 0.5) is 0 Å². The number of quaternary nitrogens is 4. The average molecular weight is 895 g/mol. The van der Waals surface area contributed by atoms with Crippen molar-refractivity contribution in [3.8, 4) is 0 Å². The Bertz CT molecular complexity index is 1720. The predicted octanol–water partition coefficient (Wildman–Crippen LogP) is 6.97. The van der Waals surface area contributed by atoms with Gasteiger partial charge < -0.3 is 37.6 Å². The Morgan fingerprint density at radius 2 is 1.14 bits per heavy atom. The first-order valence-corrected chi connectivity index (χ1v) is 27.0. The normalized spacial score (nSPS) is 47.5. The van der Waals surface area contributed by atoms with Crippen molar-refractivity contribution in [1.82, 2.24) is 0 Å². The highest BCUT2D eigenvalue weighted by atomic mass is 16.5. The van der Waals surface area contributed by atoms with Crippen LogP contribution in [0.25, 0.3) is 0 Å². The molecule has 0 spiro atoms. The third-order valence-electron chi connectivity index (χ3n) is 23.3. The number of nitrogens with zero attached hydrogens (tertiary/aromatic N) is 4. The van der Waals surface area contributed by atoms with E-state index >= 15 is 0 Å². The monoisotopic (exact) mass is 895 g/mol. The van der Waals surface area contributed by atoms with Crippen LogP contribution in [0.1, 0.15) is 131 Å².